The Balaban J connectivity index is 2.94. The Labute approximate surface area is 77.7 Å². The second kappa shape index (κ2) is 3.31. The van der Waals surface area contributed by atoms with Crippen molar-refractivity contribution in [3.05, 3.63) is 11.8 Å². The SMILES string of the molecule is CCC1=CC(CC)(C([NH])=S)N=N1. The van der Waals surface area contributed by atoms with Gasteiger partial charge in [0.2, 0.25) is 0 Å². The number of thiocarbonyl (C=S) groups is 1. The molecule has 1 radical (unpaired) electrons. The highest BCUT2D eigenvalue weighted by Crippen LogP contribution is 2.29. The summed E-state index contributed by atoms with van der Waals surface area (Å²) in [6.45, 7) is 3.98. The van der Waals surface area contributed by atoms with Crippen LogP contribution in [0.1, 0.15) is 26.7 Å². The molecule has 1 aliphatic heterocycles. The number of hydrogen-bond donors (Lipinski definition) is 0. The first-order valence-corrected chi connectivity index (χ1v) is 4.46. The first kappa shape index (κ1) is 9.32. The molecule has 0 aromatic rings. The molecular weight excluding hydrogens is 170 g/mol. The number of nitrogens with zero attached hydrogens (tertiary/aromatic N) is 2. The Morgan fingerprint density at radius 2 is 2.33 bits per heavy atom. The van der Waals surface area contributed by atoms with Gasteiger partial charge in [0, 0.05) is 0 Å². The molecule has 0 fully saturated rings. The lowest BCUT2D eigenvalue weighted by atomic mass is 9.96. The summed E-state index contributed by atoms with van der Waals surface area (Å²) in [4.78, 5) is 0.164. The van der Waals surface area contributed by atoms with E-state index in [0.717, 1.165) is 18.5 Å². The predicted octanol–water partition coefficient (Wildman–Crippen LogP) is 2.51. The van der Waals surface area contributed by atoms with Crippen LogP contribution in [-0.4, -0.2) is 10.5 Å². The number of rotatable bonds is 3. The first-order chi connectivity index (χ1) is 5.64. The van der Waals surface area contributed by atoms with E-state index in [1.54, 1.807) is 0 Å². The lowest BCUT2D eigenvalue weighted by Gasteiger charge is -2.16. The van der Waals surface area contributed by atoms with Crippen LogP contribution >= 0.6 is 12.2 Å². The van der Waals surface area contributed by atoms with Gasteiger partial charge in [0.05, 0.1) is 5.70 Å². The smallest absolute Gasteiger partial charge is 0.153 e. The fourth-order valence-corrected chi connectivity index (χ4v) is 1.35. The molecule has 0 amide bonds. The average molecular weight is 182 g/mol. The van der Waals surface area contributed by atoms with Crippen molar-refractivity contribution in [2.75, 3.05) is 0 Å². The Morgan fingerprint density at radius 1 is 1.67 bits per heavy atom. The number of hydrogen-bond acceptors (Lipinski definition) is 3. The highest BCUT2D eigenvalue weighted by Gasteiger charge is 2.33. The molecule has 3 nitrogen and oxygen atoms in total. The minimum atomic E-state index is -0.597. The fraction of sp³-hybridized carbons (Fsp3) is 0.625. The summed E-state index contributed by atoms with van der Waals surface area (Å²) in [5.41, 5.74) is 7.76. The van der Waals surface area contributed by atoms with Gasteiger partial charge in [-0.05, 0) is 18.9 Å². The molecule has 0 saturated heterocycles. The van der Waals surface area contributed by atoms with E-state index in [1.165, 1.54) is 0 Å². The minimum Gasteiger partial charge on any atom is -0.291 e. The van der Waals surface area contributed by atoms with Crippen LogP contribution in [0.3, 0.4) is 0 Å². The summed E-state index contributed by atoms with van der Waals surface area (Å²) < 4.78 is 0. The van der Waals surface area contributed by atoms with Gasteiger partial charge in [-0.3, -0.25) is 5.73 Å². The van der Waals surface area contributed by atoms with Crippen molar-refractivity contribution in [1.82, 2.24) is 5.73 Å². The van der Waals surface area contributed by atoms with E-state index < -0.39 is 5.54 Å². The van der Waals surface area contributed by atoms with Crippen LogP contribution in [0.5, 0.6) is 0 Å². The highest BCUT2D eigenvalue weighted by atomic mass is 32.1. The molecule has 1 aliphatic rings. The molecule has 0 aromatic heterocycles. The largest absolute Gasteiger partial charge is 0.291 e. The summed E-state index contributed by atoms with van der Waals surface area (Å²) in [6, 6.07) is 0. The maximum Gasteiger partial charge on any atom is 0.153 e. The Hall–Kier alpha value is -0.770. The van der Waals surface area contributed by atoms with Gasteiger partial charge >= 0.3 is 0 Å². The van der Waals surface area contributed by atoms with E-state index in [2.05, 4.69) is 10.2 Å². The van der Waals surface area contributed by atoms with Crippen LogP contribution in [0.25, 0.3) is 0 Å². The molecule has 1 rings (SSSR count). The van der Waals surface area contributed by atoms with Gasteiger partial charge in [-0.2, -0.15) is 10.2 Å². The third kappa shape index (κ3) is 1.39. The topological polar surface area (TPSA) is 48.5 Å². The van der Waals surface area contributed by atoms with Gasteiger partial charge in [-0.15, -0.1) is 0 Å². The molecule has 0 bridgehead atoms. The lowest BCUT2D eigenvalue weighted by molar-refractivity contribution is 0.661. The molecule has 12 heavy (non-hydrogen) atoms. The van der Waals surface area contributed by atoms with Gasteiger partial charge in [0.25, 0.3) is 0 Å². The van der Waals surface area contributed by atoms with Crippen molar-refractivity contribution < 1.29 is 0 Å². The second-order valence-electron chi connectivity index (χ2n) is 2.80. The molecule has 1 atom stereocenters. The van der Waals surface area contributed by atoms with Gasteiger partial charge in [-0.25, -0.2) is 0 Å². The van der Waals surface area contributed by atoms with Crippen molar-refractivity contribution in [2.45, 2.75) is 32.2 Å². The third-order valence-electron chi connectivity index (χ3n) is 2.06. The van der Waals surface area contributed by atoms with E-state index in [-0.39, 0.29) is 4.99 Å². The molecule has 0 saturated carbocycles. The maximum atomic E-state index is 7.42. The van der Waals surface area contributed by atoms with Crippen molar-refractivity contribution in [3.8, 4) is 0 Å². The molecule has 1 N–H and O–H groups in total. The van der Waals surface area contributed by atoms with Crippen LogP contribution in [0.4, 0.5) is 0 Å². The molecule has 0 aromatic carbocycles. The van der Waals surface area contributed by atoms with Crippen molar-refractivity contribution in [2.24, 2.45) is 10.2 Å². The van der Waals surface area contributed by atoms with Crippen LogP contribution in [0.15, 0.2) is 22.0 Å². The second-order valence-corrected chi connectivity index (χ2v) is 3.20. The standard InChI is InChI=1S/C8H12N3S/c1-3-6-5-8(4-2,7(9)12)11-10-6/h5,9H,3-4H2,1-2H3. The van der Waals surface area contributed by atoms with Crippen molar-refractivity contribution >= 4 is 17.2 Å². The monoisotopic (exact) mass is 182 g/mol. The molecule has 65 valence electrons. The zero-order valence-corrected chi connectivity index (χ0v) is 8.11. The van der Waals surface area contributed by atoms with E-state index in [9.17, 15) is 0 Å². The van der Waals surface area contributed by atoms with Crippen LogP contribution in [0, 0.1) is 0 Å². The third-order valence-corrected chi connectivity index (χ3v) is 2.41. The normalized spacial score (nSPS) is 27.3. The predicted molar refractivity (Wildman–Crippen MR) is 51.9 cm³/mol. The minimum absolute atomic E-state index is 0.164. The van der Waals surface area contributed by atoms with E-state index >= 15 is 0 Å². The summed E-state index contributed by atoms with van der Waals surface area (Å²) in [5, 5.41) is 8.02. The van der Waals surface area contributed by atoms with Crippen molar-refractivity contribution in [1.29, 1.82) is 0 Å². The van der Waals surface area contributed by atoms with Crippen molar-refractivity contribution in [3.63, 3.8) is 0 Å². The van der Waals surface area contributed by atoms with Crippen LogP contribution in [-0.2, 0) is 0 Å². The summed E-state index contributed by atoms with van der Waals surface area (Å²) in [6.07, 6.45) is 3.48. The zero-order chi connectivity index (χ0) is 9.19. The van der Waals surface area contributed by atoms with Crippen LogP contribution < -0.4 is 5.73 Å². The van der Waals surface area contributed by atoms with E-state index in [0.29, 0.717) is 0 Å². The fourth-order valence-electron chi connectivity index (χ4n) is 1.10. The summed E-state index contributed by atoms with van der Waals surface area (Å²) in [5.74, 6) is 0. The Kier molecular flexibility index (Phi) is 2.57. The van der Waals surface area contributed by atoms with E-state index in [4.69, 9.17) is 18.0 Å². The highest BCUT2D eigenvalue weighted by molar-refractivity contribution is 7.80. The Bertz CT molecular complexity index is 257. The van der Waals surface area contributed by atoms with Gasteiger partial charge in [0.1, 0.15) is 4.99 Å². The van der Waals surface area contributed by atoms with Crippen LogP contribution in [0.2, 0.25) is 0 Å². The molecular formula is C8H12N3S. The lowest BCUT2D eigenvalue weighted by Crippen LogP contribution is -2.31. The Morgan fingerprint density at radius 3 is 2.58 bits per heavy atom. The quantitative estimate of drug-likeness (QED) is 0.618. The molecule has 0 aliphatic carbocycles. The van der Waals surface area contributed by atoms with Gasteiger partial charge in [0.15, 0.2) is 5.54 Å². The molecule has 0 spiro atoms. The van der Waals surface area contributed by atoms with E-state index in [1.807, 2.05) is 19.9 Å². The van der Waals surface area contributed by atoms with Gasteiger partial charge in [-0.1, -0.05) is 26.1 Å². The maximum absolute atomic E-state index is 7.42. The summed E-state index contributed by atoms with van der Waals surface area (Å²) in [7, 11) is 0. The average Bonchev–Trinajstić information content (AvgIpc) is 2.48. The first-order valence-electron chi connectivity index (χ1n) is 4.05. The van der Waals surface area contributed by atoms with Gasteiger partial charge < -0.3 is 0 Å². The molecule has 1 heterocycles. The zero-order valence-electron chi connectivity index (χ0n) is 7.29. The molecule has 1 unspecified atom stereocenters. The summed E-state index contributed by atoms with van der Waals surface area (Å²) >= 11 is 4.84. The number of azo groups is 1. The number of nitrogens with one attached hydrogen (secondary N) is 1. The molecule has 4 heteroatoms. The number of allylic oxidation sites excluding steroid dienone is 1.